The van der Waals surface area contributed by atoms with Gasteiger partial charge in [0.15, 0.2) is 10.9 Å². The van der Waals surface area contributed by atoms with E-state index in [2.05, 4.69) is 31.3 Å². The molecule has 0 radical (unpaired) electrons. The Labute approximate surface area is 192 Å². The zero-order chi connectivity index (χ0) is 22.3. The molecule has 4 nitrogen and oxygen atoms in total. The quantitative estimate of drug-likeness (QED) is 0.325. The monoisotopic (exact) mass is 443 g/mol. The van der Waals surface area contributed by atoms with E-state index < -0.39 is 0 Å². The lowest BCUT2D eigenvalue weighted by atomic mass is 10.1. The molecule has 0 saturated carbocycles. The number of rotatable bonds is 8. The van der Waals surface area contributed by atoms with Crippen molar-refractivity contribution in [2.24, 2.45) is 0 Å². The second-order valence-electron chi connectivity index (χ2n) is 7.47. The van der Waals surface area contributed by atoms with Crippen molar-refractivity contribution in [3.05, 3.63) is 107 Å². The maximum atomic E-state index is 12.6. The minimum atomic E-state index is -0.222. The Bertz CT molecular complexity index is 1180. The number of carbonyl (C=O) groups is 1. The standard InChI is InChI=1S/C27H25NO3S/c1-19-9-8-10-20(2)26(19)32-25-16-15-24(31-25)27(29)28-18-17-21-11-6-7-14-23(21)30-22-12-4-3-5-13-22/h3-16H,17-18H2,1-2H3,(H,28,29). The number of carbonyl (C=O) groups excluding carboxylic acids is 1. The van der Waals surface area contributed by atoms with Crippen molar-refractivity contribution in [1.82, 2.24) is 5.32 Å². The van der Waals surface area contributed by atoms with E-state index in [1.807, 2.05) is 66.7 Å². The van der Waals surface area contributed by atoms with Gasteiger partial charge >= 0.3 is 0 Å². The van der Waals surface area contributed by atoms with Crippen LogP contribution >= 0.6 is 11.8 Å². The number of aryl methyl sites for hydroxylation is 2. The van der Waals surface area contributed by atoms with Gasteiger partial charge < -0.3 is 14.5 Å². The fourth-order valence-electron chi connectivity index (χ4n) is 3.38. The fourth-order valence-corrected chi connectivity index (χ4v) is 4.31. The smallest absolute Gasteiger partial charge is 0.287 e. The molecule has 0 aliphatic rings. The molecule has 5 heteroatoms. The van der Waals surface area contributed by atoms with Gasteiger partial charge in [0.2, 0.25) is 0 Å². The Kier molecular flexibility index (Phi) is 6.97. The summed E-state index contributed by atoms with van der Waals surface area (Å²) in [6, 6.07) is 27.3. The zero-order valence-electron chi connectivity index (χ0n) is 18.1. The molecule has 0 spiro atoms. The van der Waals surface area contributed by atoms with Crippen LogP contribution in [0, 0.1) is 13.8 Å². The van der Waals surface area contributed by atoms with Gasteiger partial charge in [0.25, 0.3) is 5.91 Å². The topological polar surface area (TPSA) is 51.5 Å². The molecule has 4 aromatic rings. The summed E-state index contributed by atoms with van der Waals surface area (Å²) in [6.45, 7) is 4.63. The molecule has 4 rings (SSSR count). The molecule has 1 N–H and O–H groups in total. The first kappa shape index (κ1) is 21.8. The van der Waals surface area contributed by atoms with Gasteiger partial charge in [-0.15, -0.1) is 0 Å². The van der Waals surface area contributed by atoms with E-state index in [1.165, 1.54) is 22.9 Å². The molecule has 1 aromatic heterocycles. The summed E-state index contributed by atoms with van der Waals surface area (Å²) in [4.78, 5) is 13.7. The summed E-state index contributed by atoms with van der Waals surface area (Å²) in [7, 11) is 0. The van der Waals surface area contributed by atoms with E-state index in [4.69, 9.17) is 9.15 Å². The van der Waals surface area contributed by atoms with Crippen molar-refractivity contribution in [3.8, 4) is 11.5 Å². The summed E-state index contributed by atoms with van der Waals surface area (Å²) in [6.07, 6.45) is 0.652. The second kappa shape index (κ2) is 10.2. The van der Waals surface area contributed by atoms with Crippen LogP contribution in [-0.4, -0.2) is 12.5 Å². The van der Waals surface area contributed by atoms with Gasteiger partial charge in [0, 0.05) is 11.4 Å². The number of amides is 1. The van der Waals surface area contributed by atoms with Crippen LogP contribution in [0.2, 0.25) is 0 Å². The van der Waals surface area contributed by atoms with Crippen LogP contribution < -0.4 is 10.1 Å². The number of nitrogens with one attached hydrogen (secondary N) is 1. The van der Waals surface area contributed by atoms with Crippen LogP contribution in [0.4, 0.5) is 0 Å². The van der Waals surface area contributed by atoms with Gasteiger partial charge in [-0.2, -0.15) is 0 Å². The van der Waals surface area contributed by atoms with Gasteiger partial charge in [-0.1, -0.05) is 66.4 Å². The Morgan fingerprint density at radius 2 is 1.59 bits per heavy atom. The van der Waals surface area contributed by atoms with Gasteiger partial charge in [-0.05, 0) is 67.3 Å². The molecule has 0 bridgehead atoms. The number of benzene rings is 3. The number of hydrogen-bond acceptors (Lipinski definition) is 4. The predicted molar refractivity (Wildman–Crippen MR) is 128 cm³/mol. The number of furan rings is 1. The molecule has 162 valence electrons. The highest BCUT2D eigenvalue weighted by Gasteiger charge is 2.14. The average molecular weight is 444 g/mol. The molecule has 32 heavy (non-hydrogen) atoms. The van der Waals surface area contributed by atoms with Gasteiger partial charge in [0.1, 0.15) is 11.5 Å². The van der Waals surface area contributed by atoms with Crippen molar-refractivity contribution in [2.75, 3.05) is 6.54 Å². The maximum Gasteiger partial charge on any atom is 0.287 e. The summed E-state index contributed by atoms with van der Waals surface area (Å²) in [5.74, 6) is 1.67. The first-order valence-corrected chi connectivity index (χ1v) is 11.3. The molecule has 1 heterocycles. The van der Waals surface area contributed by atoms with E-state index in [0.717, 1.165) is 22.0 Å². The van der Waals surface area contributed by atoms with E-state index in [9.17, 15) is 4.79 Å². The van der Waals surface area contributed by atoms with Gasteiger partial charge in [-0.25, -0.2) is 0 Å². The number of para-hydroxylation sites is 2. The summed E-state index contributed by atoms with van der Waals surface area (Å²) in [5.41, 5.74) is 3.41. The molecule has 1 amide bonds. The van der Waals surface area contributed by atoms with Gasteiger partial charge in [0.05, 0.1) is 0 Å². The lowest BCUT2D eigenvalue weighted by molar-refractivity contribution is 0.0921. The van der Waals surface area contributed by atoms with Crippen LogP contribution in [-0.2, 0) is 6.42 Å². The molecular weight excluding hydrogens is 418 g/mol. The lowest BCUT2D eigenvalue weighted by Gasteiger charge is -2.11. The number of ether oxygens (including phenoxy) is 1. The van der Waals surface area contributed by atoms with Crippen molar-refractivity contribution in [1.29, 1.82) is 0 Å². The molecule has 3 aromatic carbocycles. The molecule has 0 unspecified atom stereocenters. The molecular formula is C27H25NO3S. The highest BCUT2D eigenvalue weighted by molar-refractivity contribution is 7.99. The minimum Gasteiger partial charge on any atom is -0.457 e. The van der Waals surface area contributed by atoms with Crippen LogP contribution in [0.25, 0.3) is 0 Å². The van der Waals surface area contributed by atoms with Crippen LogP contribution in [0.1, 0.15) is 27.2 Å². The van der Waals surface area contributed by atoms with Crippen molar-refractivity contribution < 1.29 is 13.9 Å². The molecule has 0 aliphatic heterocycles. The van der Waals surface area contributed by atoms with Crippen molar-refractivity contribution in [2.45, 2.75) is 30.3 Å². The van der Waals surface area contributed by atoms with Crippen molar-refractivity contribution in [3.63, 3.8) is 0 Å². The Morgan fingerprint density at radius 3 is 2.38 bits per heavy atom. The van der Waals surface area contributed by atoms with E-state index in [1.54, 1.807) is 6.07 Å². The predicted octanol–water partition coefficient (Wildman–Crippen LogP) is 6.81. The molecule has 0 atom stereocenters. The van der Waals surface area contributed by atoms with Crippen molar-refractivity contribution >= 4 is 17.7 Å². The Hall–Kier alpha value is -3.44. The van der Waals surface area contributed by atoms with E-state index >= 15 is 0 Å². The first-order valence-electron chi connectivity index (χ1n) is 10.5. The largest absolute Gasteiger partial charge is 0.457 e. The number of hydrogen-bond donors (Lipinski definition) is 1. The maximum absolute atomic E-state index is 12.6. The summed E-state index contributed by atoms with van der Waals surface area (Å²) >= 11 is 1.54. The minimum absolute atomic E-state index is 0.222. The summed E-state index contributed by atoms with van der Waals surface area (Å²) < 4.78 is 11.8. The molecule has 0 saturated heterocycles. The first-order chi connectivity index (χ1) is 15.6. The third kappa shape index (κ3) is 5.42. The third-order valence-corrected chi connectivity index (χ3v) is 6.31. The molecule has 0 aliphatic carbocycles. The fraction of sp³-hybridized carbons (Fsp3) is 0.148. The Morgan fingerprint density at radius 1 is 0.875 bits per heavy atom. The average Bonchev–Trinajstić information content (AvgIpc) is 3.27. The normalized spacial score (nSPS) is 10.7. The van der Waals surface area contributed by atoms with Crippen LogP contribution in [0.15, 0.2) is 99.3 Å². The van der Waals surface area contributed by atoms with E-state index in [-0.39, 0.29) is 5.91 Å². The zero-order valence-corrected chi connectivity index (χ0v) is 18.9. The van der Waals surface area contributed by atoms with Crippen LogP contribution in [0.5, 0.6) is 11.5 Å². The second-order valence-corrected chi connectivity index (χ2v) is 8.49. The lowest BCUT2D eigenvalue weighted by Crippen LogP contribution is -2.25. The third-order valence-electron chi connectivity index (χ3n) is 5.04. The Balaban J connectivity index is 1.34. The highest BCUT2D eigenvalue weighted by Crippen LogP contribution is 2.34. The van der Waals surface area contributed by atoms with Gasteiger partial charge in [-0.3, -0.25) is 4.79 Å². The van der Waals surface area contributed by atoms with E-state index in [0.29, 0.717) is 23.8 Å². The summed E-state index contributed by atoms with van der Waals surface area (Å²) in [5, 5.41) is 3.64. The van der Waals surface area contributed by atoms with Crippen LogP contribution in [0.3, 0.4) is 0 Å². The molecule has 0 fully saturated rings. The SMILES string of the molecule is Cc1cccc(C)c1Sc1ccc(C(=O)NCCc2ccccc2Oc2ccccc2)o1. The highest BCUT2D eigenvalue weighted by atomic mass is 32.2.